The van der Waals surface area contributed by atoms with Crippen molar-refractivity contribution >= 4 is 21.9 Å². The van der Waals surface area contributed by atoms with Crippen LogP contribution in [0.5, 0.6) is 0 Å². The van der Waals surface area contributed by atoms with Crippen LogP contribution in [-0.2, 0) is 6.42 Å². The van der Waals surface area contributed by atoms with Crippen LogP contribution in [0.4, 0.5) is 6.01 Å². The van der Waals surface area contributed by atoms with Gasteiger partial charge >= 0.3 is 0 Å². The maximum Gasteiger partial charge on any atom is 0.292 e. The Morgan fingerprint density at radius 3 is 2.88 bits per heavy atom. The van der Waals surface area contributed by atoms with E-state index in [0.29, 0.717) is 0 Å². The molecule has 16 heavy (non-hydrogen) atoms. The molecule has 1 heterocycles. The maximum absolute atomic E-state index is 5.59. The molecule has 0 saturated carbocycles. The Kier molecular flexibility index (Phi) is 3.01. The number of aryl methyl sites for hydroxylation is 2. The Bertz CT molecular complexity index is 520. The SMILES string of the molecule is CCc1oc(N)nc1-c1cc(Br)ccc1C. The number of nitrogens with zero attached hydrogens (tertiary/aromatic N) is 1. The average Bonchev–Trinajstić information content (AvgIpc) is 2.63. The van der Waals surface area contributed by atoms with Crippen molar-refractivity contribution in [1.29, 1.82) is 0 Å². The van der Waals surface area contributed by atoms with Gasteiger partial charge in [0.2, 0.25) is 0 Å². The Hall–Kier alpha value is -1.29. The van der Waals surface area contributed by atoms with Crippen LogP contribution in [0.3, 0.4) is 0 Å². The number of oxazole rings is 1. The summed E-state index contributed by atoms with van der Waals surface area (Å²) in [7, 11) is 0. The van der Waals surface area contributed by atoms with E-state index in [-0.39, 0.29) is 6.01 Å². The quantitative estimate of drug-likeness (QED) is 0.915. The Morgan fingerprint density at radius 2 is 2.19 bits per heavy atom. The van der Waals surface area contributed by atoms with Gasteiger partial charge in [-0.25, -0.2) is 0 Å². The van der Waals surface area contributed by atoms with Gasteiger partial charge in [0.1, 0.15) is 11.5 Å². The van der Waals surface area contributed by atoms with E-state index in [9.17, 15) is 0 Å². The van der Waals surface area contributed by atoms with Crippen LogP contribution in [0.15, 0.2) is 27.1 Å². The molecule has 0 unspecified atom stereocenters. The lowest BCUT2D eigenvalue weighted by molar-refractivity contribution is 0.530. The largest absolute Gasteiger partial charge is 0.428 e. The first-order chi connectivity index (χ1) is 7.61. The van der Waals surface area contributed by atoms with Crippen LogP contribution in [0.2, 0.25) is 0 Å². The Morgan fingerprint density at radius 1 is 1.44 bits per heavy atom. The van der Waals surface area contributed by atoms with E-state index in [4.69, 9.17) is 10.2 Å². The second-order valence-electron chi connectivity index (χ2n) is 3.64. The molecule has 0 atom stereocenters. The highest BCUT2D eigenvalue weighted by Gasteiger charge is 2.14. The average molecular weight is 281 g/mol. The van der Waals surface area contributed by atoms with E-state index in [1.165, 1.54) is 0 Å². The van der Waals surface area contributed by atoms with Crippen LogP contribution >= 0.6 is 15.9 Å². The molecule has 3 nitrogen and oxygen atoms in total. The third-order valence-electron chi connectivity index (χ3n) is 2.49. The lowest BCUT2D eigenvalue weighted by atomic mass is 10.0. The minimum absolute atomic E-state index is 0.228. The van der Waals surface area contributed by atoms with Gasteiger partial charge in [-0.05, 0) is 24.6 Å². The van der Waals surface area contributed by atoms with Gasteiger partial charge in [-0.1, -0.05) is 28.9 Å². The van der Waals surface area contributed by atoms with E-state index >= 15 is 0 Å². The van der Waals surface area contributed by atoms with Crippen LogP contribution in [-0.4, -0.2) is 4.98 Å². The minimum atomic E-state index is 0.228. The molecule has 0 aliphatic rings. The van der Waals surface area contributed by atoms with Crippen LogP contribution < -0.4 is 5.73 Å². The summed E-state index contributed by atoms with van der Waals surface area (Å²) in [6.07, 6.45) is 0.783. The highest BCUT2D eigenvalue weighted by Crippen LogP contribution is 2.30. The molecule has 0 bridgehead atoms. The van der Waals surface area contributed by atoms with Gasteiger partial charge in [-0.3, -0.25) is 0 Å². The number of nitrogen functional groups attached to an aromatic ring is 1. The summed E-state index contributed by atoms with van der Waals surface area (Å²) in [5.74, 6) is 0.832. The zero-order valence-electron chi connectivity index (χ0n) is 9.25. The lowest BCUT2D eigenvalue weighted by Crippen LogP contribution is -1.88. The van der Waals surface area contributed by atoms with Gasteiger partial charge in [-0.15, -0.1) is 0 Å². The number of rotatable bonds is 2. The van der Waals surface area contributed by atoms with Crippen molar-refractivity contribution in [2.24, 2.45) is 0 Å². The van der Waals surface area contributed by atoms with E-state index in [0.717, 1.165) is 33.5 Å². The number of aromatic nitrogens is 1. The minimum Gasteiger partial charge on any atom is -0.428 e. The fraction of sp³-hybridized carbons (Fsp3) is 0.250. The summed E-state index contributed by atoms with van der Waals surface area (Å²) in [5.41, 5.74) is 8.66. The van der Waals surface area contributed by atoms with Gasteiger partial charge in [0.25, 0.3) is 6.01 Å². The Balaban J connectivity index is 2.61. The molecule has 0 saturated heterocycles. The first kappa shape index (κ1) is 11.2. The third kappa shape index (κ3) is 1.97. The smallest absolute Gasteiger partial charge is 0.292 e. The molecule has 2 rings (SSSR count). The molecule has 1 aromatic heterocycles. The first-order valence-corrected chi connectivity index (χ1v) is 5.92. The lowest BCUT2D eigenvalue weighted by Gasteiger charge is -2.04. The normalized spacial score (nSPS) is 10.7. The number of nitrogens with two attached hydrogens (primary N) is 1. The molecule has 84 valence electrons. The van der Waals surface area contributed by atoms with Crippen molar-refractivity contribution in [2.45, 2.75) is 20.3 Å². The number of halogens is 1. The molecule has 0 amide bonds. The summed E-state index contributed by atoms with van der Waals surface area (Å²) < 4.78 is 6.39. The number of benzene rings is 1. The molecule has 0 radical (unpaired) electrons. The first-order valence-electron chi connectivity index (χ1n) is 5.13. The van der Waals surface area contributed by atoms with Crippen molar-refractivity contribution in [3.8, 4) is 11.3 Å². The standard InChI is InChI=1S/C12H13BrN2O/c1-3-10-11(15-12(14)16-10)9-6-8(13)5-4-7(9)2/h4-6H,3H2,1-2H3,(H2,14,15). The van der Waals surface area contributed by atoms with Crippen molar-refractivity contribution in [3.05, 3.63) is 34.0 Å². The fourth-order valence-corrected chi connectivity index (χ4v) is 2.03. The predicted octanol–water partition coefficient (Wildman–Crippen LogP) is 3.56. The van der Waals surface area contributed by atoms with E-state index in [1.54, 1.807) is 0 Å². The molecule has 0 aliphatic heterocycles. The van der Waals surface area contributed by atoms with E-state index < -0.39 is 0 Å². The van der Waals surface area contributed by atoms with Gasteiger partial charge < -0.3 is 10.2 Å². The Labute approximate surface area is 103 Å². The maximum atomic E-state index is 5.59. The molecule has 2 aromatic rings. The number of anilines is 1. The second-order valence-corrected chi connectivity index (χ2v) is 4.55. The number of hydrogen-bond acceptors (Lipinski definition) is 3. The fourth-order valence-electron chi connectivity index (χ4n) is 1.67. The van der Waals surface area contributed by atoms with E-state index in [1.807, 2.05) is 32.0 Å². The van der Waals surface area contributed by atoms with Crippen molar-refractivity contribution in [1.82, 2.24) is 4.98 Å². The molecule has 4 heteroatoms. The van der Waals surface area contributed by atoms with Gasteiger partial charge in [0.05, 0.1) is 0 Å². The molecule has 1 aromatic carbocycles. The monoisotopic (exact) mass is 280 g/mol. The third-order valence-corrected chi connectivity index (χ3v) is 2.98. The number of hydrogen-bond donors (Lipinski definition) is 1. The van der Waals surface area contributed by atoms with Crippen molar-refractivity contribution in [3.63, 3.8) is 0 Å². The zero-order chi connectivity index (χ0) is 11.7. The van der Waals surface area contributed by atoms with Gasteiger partial charge in [0.15, 0.2) is 0 Å². The molecule has 0 aliphatic carbocycles. The molecule has 0 spiro atoms. The van der Waals surface area contributed by atoms with Gasteiger partial charge in [0, 0.05) is 16.5 Å². The van der Waals surface area contributed by atoms with Crippen LogP contribution in [0.1, 0.15) is 18.2 Å². The molecule has 2 N–H and O–H groups in total. The second kappa shape index (κ2) is 4.29. The van der Waals surface area contributed by atoms with Crippen LogP contribution in [0, 0.1) is 6.92 Å². The summed E-state index contributed by atoms with van der Waals surface area (Å²) in [4.78, 5) is 4.24. The van der Waals surface area contributed by atoms with Crippen molar-refractivity contribution in [2.75, 3.05) is 5.73 Å². The molecular weight excluding hydrogens is 268 g/mol. The van der Waals surface area contributed by atoms with Crippen LogP contribution in [0.25, 0.3) is 11.3 Å². The highest BCUT2D eigenvalue weighted by atomic mass is 79.9. The topological polar surface area (TPSA) is 52.0 Å². The van der Waals surface area contributed by atoms with Crippen molar-refractivity contribution < 1.29 is 4.42 Å². The molecular formula is C12H13BrN2O. The summed E-state index contributed by atoms with van der Waals surface area (Å²) in [6, 6.07) is 6.31. The van der Waals surface area contributed by atoms with E-state index in [2.05, 4.69) is 20.9 Å². The zero-order valence-corrected chi connectivity index (χ0v) is 10.8. The highest BCUT2D eigenvalue weighted by molar-refractivity contribution is 9.10. The summed E-state index contributed by atoms with van der Waals surface area (Å²) >= 11 is 3.46. The summed E-state index contributed by atoms with van der Waals surface area (Å²) in [6.45, 7) is 4.07. The predicted molar refractivity (Wildman–Crippen MR) is 68.2 cm³/mol. The molecule has 0 fully saturated rings. The summed E-state index contributed by atoms with van der Waals surface area (Å²) in [5, 5.41) is 0. The van der Waals surface area contributed by atoms with Gasteiger partial charge in [-0.2, -0.15) is 4.98 Å².